The molecule has 2 N–H and O–H groups in total. The lowest BCUT2D eigenvalue weighted by atomic mass is 10.2. The molecule has 0 spiro atoms. The van der Waals surface area contributed by atoms with Crippen molar-refractivity contribution in [2.75, 3.05) is 6.54 Å². The van der Waals surface area contributed by atoms with Gasteiger partial charge < -0.3 is 10.3 Å². The van der Waals surface area contributed by atoms with Crippen molar-refractivity contribution in [1.82, 2.24) is 14.9 Å². The van der Waals surface area contributed by atoms with E-state index in [4.69, 9.17) is 12.2 Å². The molecule has 0 radical (unpaired) electrons. The maximum atomic E-state index is 11.9. The van der Waals surface area contributed by atoms with Gasteiger partial charge in [0.05, 0.1) is 0 Å². The molecule has 1 saturated carbocycles. The number of aromatic amines is 1. The maximum absolute atomic E-state index is 11.9. The van der Waals surface area contributed by atoms with Crippen molar-refractivity contribution >= 4 is 18.1 Å². The standard InChI is InChI=1S/C14H15N3OS/c18-13(16-9-10-1-2-10)11-3-5-12(6-4-11)17-8-7-15-14(17)19/h3-8,10H,1-2,9H2,(H,15,19)(H,16,18). The van der Waals surface area contributed by atoms with Gasteiger partial charge in [-0.05, 0) is 55.2 Å². The molecule has 5 heteroatoms. The summed E-state index contributed by atoms with van der Waals surface area (Å²) in [6.07, 6.45) is 6.14. The summed E-state index contributed by atoms with van der Waals surface area (Å²) < 4.78 is 2.51. The van der Waals surface area contributed by atoms with E-state index in [1.165, 1.54) is 12.8 Å². The molecule has 1 aromatic carbocycles. The third-order valence-electron chi connectivity index (χ3n) is 3.31. The molecule has 98 valence electrons. The van der Waals surface area contributed by atoms with E-state index in [0.717, 1.165) is 12.2 Å². The van der Waals surface area contributed by atoms with Gasteiger partial charge in [-0.15, -0.1) is 0 Å². The van der Waals surface area contributed by atoms with Gasteiger partial charge in [0, 0.05) is 30.2 Å². The van der Waals surface area contributed by atoms with E-state index in [1.807, 2.05) is 35.0 Å². The number of amides is 1. The van der Waals surface area contributed by atoms with Crippen molar-refractivity contribution in [3.63, 3.8) is 0 Å². The van der Waals surface area contributed by atoms with Gasteiger partial charge in [0.25, 0.3) is 5.91 Å². The normalized spacial score (nSPS) is 14.3. The smallest absolute Gasteiger partial charge is 0.251 e. The van der Waals surface area contributed by atoms with Crippen LogP contribution in [0.5, 0.6) is 0 Å². The molecule has 0 aliphatic heterocycles. The van der Waals surface area contributed by atoms with Gasteiger partial charge in [-0.25, -0.2) is 0 Å². The van der Waals surface area contributed by atoms with Crippen LogP contribution in [0.15, 0.2) is 36.7 Å². The number of benzene rings is 1. The first-order valence-corrected chi connectivity index (χ1v) is 6.79. The molecule has 19 heavy (non-hydrogen) atoms. The summed E-state index contributed by atoms with van der Waals surface area (Å²) in [5.74, 6) is 0.692. The van der Waals surface area contributed by atoms with E-state index >= 15 is 0 Å². The molecule has 0 unspecified atom stereocenters. The minimum Gasteiger partial charge on any atom is -0.352 e. The predicted molar refractivity (Wildman–Crippen MR) is 76.0 cm³/mol. The van der Waals surface area contributed by atoms with Gasteiger partial charge in [0.1, 0.15) is 0 Å². The van der Waals surface area contributed by atoms with Gasteiger partial charge in [0.15, 0.2) is 4.77 Å². The van der Waals surface area contributed by atoms with Crippen molar-refractivity contribution in [2.45, 2.75) is 12.8 Å². The molecule has 4 nitrogen and oxygen atoms in total. The summed E-state index contributed by atoms with van der Waals surface area (Å²) in [5.41, 5.74) is 1.64. The van der Waals surface area contributed by atoms with Gasteiger partial charge in [-0.1, -0.05) is 0 Å². The molecular weight excluding hydrogens is 258 g/mol. The van der Waals surface area contributed by atoms with Crippen LogP contribution >= 0.6 is 12.2 Å². The minimum atomic E-state index is -0.00360. The zero-order valence-electron chi connectivity index (χ0n) is 10.4. The van der Waals surface area contributed by atoms with Crippen LogP contribution in [0, 0.1) is 10.7 Å². The molecule has 3 rings (SSSR count). The molecule has 1 aromatic heterocycles. The Labute approximate surface area is 116 Å². The Kier molecular flexibility index (Phi) is 3.21. The van der Waals surface area contributed by atoms with Crippen molar-refractivity contribution in [2.24, 2.45) is 5.92 Å². The molecule has 1 amide bonds. The number of nitrogens with one attached hydrogen (secondary N) is 2. The fourth-order valence-electron chi connectivity index (χ4n) is 1.96. The second-order valence-corrected chi connectivity index (χ2v) is 5.22. The molecule has 1 fully saturated rings. The Morgan fingerprint density at radius 1 is 1.37 bits per heavy atom. The van der Waals surface area contributed by atoms with Crippen LogP contribution in [0.4, 0.5) is 0 Å². The zero-order chi connectivity index (χ0) is 13.2. The first-order valence-electron chi connectivity index (χ1n) is 6.39. The van der Waals surface area contributed by atoms with Gasteiger partial charge in [-0.2, -0.15) is 0 Å². The van der Waals surface area contributed by atoms with Crippen molar-refractivity contribution in [3.05, 3.63) is 47.0 Å². The van der Waals surface area contributed by atoms with E-state index in [9.17, 15) is 4.79 Å². The first-order chi connectivity index (χ1) is 9.24. The number of imidazole rings is 1. The van der Waals surface area contributed by atoms with Crippen molar-refractivity contribution in [3.8, 4) is 5.69 Å². The second-order valence-electron chi connectivity index (χ2n) is 4.84. The van der Waals surface area contributed by atoms with E-state index in [2.05, 4.69) is 10.3 Å². The Morgan fingerprint density at radius 3 is 2.68 bits per heavy atom. The number of rotatable bonds is 4. The third-order valence-corrected chi connectivity index (χ3v) is 3.62. The molecule has 0 bridgehead atoms. The quantitative estimate of drug-likeness (QED) is 0.841. The van der Waals surface area contributed by atoms with Crippen molar-refractivity contribution < 1.29 is 4.79 Å². The Morgan fingerprint density at radius 2 is 2.11 bits per heavy atom. The van der Waals surface area contributed by atoms with E-state index in [-0.39, 0.29) is 5.91 Å². The topological polar surface area (TPSA) is 49.8 Å². The van der Waals surface area contributed by atoms with Crippen LogP contribution in [0.25, 0.3) is 5.69 Å². The molecule has 2 aromatic rings. The molecule has 1 heterocycles. The fraction of sp³-hybridized carbons (Fsp3) is 0.286. The van der Waals surface area contributed by atoms with Crippen molar-refractivity contribution in [1.29, 1.82) is 0 Å². The summed E-state index contributed by atoms with van der Waals surface area (Å²) in [5, 5.41) is 2.95. The predicted octanol–water partition coefficient (Wildman–Crippen LogP) is 2.67. The van der Waals surface area contributed by atoms with E-state index < -0.39 is 0 Å². The van der Waals surface area contributed by atoms with Crippen LogP contribution in [0.3, 0.4) is 0 Å². The number of carbonyl (C=O) groups is 1. The molecule has 1 aliphatic rings. The third kappa shape index (κ3) is 2.76. The highest BCUT2D eigenvalue weighted by Crippen LogP contribution is 2.27. The van der Waals surface area contributed by atoms with Crippen LogP contribution in [-0.4, -0.2) is 22.0 Å². The molecule has 0 saturated heterocycles. The number of aromatic nitrogens is 2. The highest BCUT2D eigenvalue weighted by molar-refractivity contribution is 7.71. The van der Waals surface area contributed by atoms with Crippen LogP contribution < -0.4 is 5.32 Å². The lowest BCUT2D eigenvalue weighted by Gasteiger charge is -2.06. The average Bonchev–Trinajstić information content (AvgIpc) is 3.17. The average molecular weight is 273 g/mol. The molecule has 0 atom stereocenters. The Balaban J connectivity index is 1.73. The van der Waals surface area contributed by atoms with Gasteiger partial charge in [0.2, 0.25) is 0 Å². The van der Waals surface area contributed by atoms with E-state index in [1.54, 1.807) is 6.20 Å². The fourth-order valence-corrected chi connectivity index (χ4v) is 2.19. The Hall–Kier alpha value is -1.88. The number of nitrogens with zero attached hydrogens (tertiary/aromatic N) is 1. The van der Waals surface area contributed by atoms with E-state index in [0.29, 0.717) is 16.3 Å². The lowest BCUT2D eigenvalue weighted by molar-refractivity contribution is 0.0952. The Bertz CT molecular complexity index is 637. The first kappa shape index (κ1) is 12.2. The molecular formula is C14H15N3OS. The van der Waals surface area contributed by atoms with Crippen LogP contribution in [0.2, 0.25) is 0 Å². The number of H-pyrrole nitrogens is 1. The zero-order valence-corrected chi connectivity index (χ0v) is 11.2. The van der Waals surface area contributed by atoms with Crippen LogP contribution in [-0.2, 0) is 0 Å². The summed E-state index contributed by atoms with van der Waals surface area (Å²) in [4.78, 5) is 14.8. The van der Waals surface area contributed by atoms with Gasteiger partial charge in [-0.3, -0.25) is 9.36 Å². The minimum absolute atomic E-state index is 0.00360. The second kappa shape index (κ2) is 5.01. The van der Waals surface area contributed by atoms with Crippen LogP contribution in [0.1, 0.15) is 23.2 Å². The number of hydrogen-bond acceptors (Lipinski definition) is 2. The summed E-state index contributed by atoms with van der Waals surface area (Å²) in [7, 11) is 0. The number of carbonyl (C=O) groups excluding carboxylic acids is 1. The highest BCUT2D eigenvalue weighted by Gasteiger charge is 2.21. The summed E-state index contributed by atoms with van der Waals surface area (Å²) in [6, 6.07) is 7.45. The number of hydrogen-bond donors (Lipinski definition) is 2. The van der Waals surface area contributed by atoms with Gasteiger partial charge >= 0.3 is 0 Å². The largest absolute Gasteiger partial charge is 0.352 e. The molecule has 1 aliphatic carbocycles. The highest BCUT2D eigenvalue weighted by atomic mass is 32.1. The SMILES string of the molecule is O=C(NCC1CC1)c1ccc(-n2cc[nH]c2=S)cc1. The monoisotopic (exact) mass is 273 g/mol. The lowest BCUT2D eigenvalue weighted by Crippen LogP contribution is -2.25. The summed E-state index contributed by atoms with van der Waals surface area (Å²) >= 11 is 5.16. The maximum Gasteiger partial charge on any atom is 0.251 e. The summed E-state index contributed by atoms with van der Waals surface area (Å²) in [6.45, 7) is 0.795.